The Morgan fingerprint density at radius 1 is 1.22 bits per heavy atom. The van der Waals surface area contributed by atoms with Gasteiger partial charge in [-0.1, -0.05) is 0 Å². The summed E-state index contributed by atoms with van der Waals surface area (Å²) in [5.41, 5.74) is -0.445. The first kappa shape index (κ1) is 16.8. The molecule has 1 heterocycles. The van der Waals surface area contributed by atoms with Gasteiger partial charge in [0, 0.05) is 18.2 Å². The summed E-state index contributed by atoms with van der Waals surface area (Å²) in [5.74, 6) is -0.320. The van der Waals surface area contributed by atoms with Crippen LogP contribution in [0, 0.1) is 0 Å². The van der Waals surface area contributed by atoms with Crippen LogP contribution in [-0.4, -0.2) is 35.1 Å². The topological polar surface area (TPSA) is 73.6 Å². The monoisotopic (exact) mass is 322 g/mol. The predicted molar refractivity (Wildman–Crippen MR) is 82.8 cm³/mol. The molecule has 0 spiro atoms. The van der Waals surface area contributed by atoms with Crippen molar-refractivity contribution in [1.82, 2.24) is 9.78 Å². The fourth-order valence-electron chi connectivity index (χ4n) is 2.41. The molecular weight excluding hydrogens is 303 g/mol. The summed E-state index contributed by atoms with van der Waals surface area (Å²) in [7, 11) is 4.56. The lowest BCUT2D eigenvalue weighted by atomic mass is 9.92. The average molecular weight is 322 g/mol. The minimum atomic E-state index is -1.66. The number of carboxylic acid groups (broad SMARTS) is 1. The zero-order chi connectivity index (χ0) is 17.4. The molecule has 2 rings (SSSR count). The van der Waals surface area contributed by atoms with Gasteiger partial charge in [-0.15, -0.1) is 0 Å². The van der Waals surface area contributed by atoms with Crippen molar-refractivity contribution in [3.05, 3.63) is 29.5 Å². The van der Waals surface area contributed by atoms with E-state index in [1.165, 1.54) is 38.8 Å². The lowest BCUT2D eigenvalue weighted by molar-refractivity contribution is 0.0689. The highest BCUT2D eigenvalue weighted by atomic mass is 19.1. The Kier molecular flexibility index (Phi) is 4.31. The van der Waals surface area contributed by atoms with Gasteiger partial charge in [-0.3, -0.25) is 4.68 Å². The van der Waals surface area contributed by atoms with E-state index in [1.807, 2.05) is 0 Å². The van der Waals surface area contributed by atoms with Crippen molar-refractivity contribution < 1.29 is 23.8 Å². The third-order valence-electron chi connectivity index (χ3n) is 3.54. The molecule has 0 amide bonds. The number of ether oxygens (including phenoxy) is 2. The number of nitrogens with zero attached hydrogens (tertiary/aromatic N) is 2. The first-order chi connectivity index (χ1) is 10.7. The van der Waals surface area contributed by atoms with E-state index < -0.39 is 11.6 Å². The van der Waals surface area contributed by atoms with Gasteiger partial charge in [0.05, 0.1) is 19.9 Å². The number of aromatic carboxylic acids is 1. The smallest absolute Gasteiger partial charge is 0.356 e. The van der Waals surface area contributed by atoms with Crippen LogP contribution in [0.2, 0.25) is 0 Å². The quantitative estimate of drug-likeness (QED) is 0.916. The van der Waals surface area contributed by atoms with Gasteiger partial charge in [0.1, 0.15) is 5.67 Å². The highest BCUT2D eigenvalue weighted by molar-refractivity contribution is 5.87. The molecule has 6 nitrogen and oxygen atoms in total. The van der Waals surface area contributed by atoms with Crippen molar-refractivity contribution in [2.75, 3.05) is 14.2 Å². The van der Waals surface area contributed by atoms with Crippen LogP contribution in [0.15, 0.2) is 18.2 Å². The van der Waals surface area contributed by atoms with Gasteiger partial charge >= 0.3 is 5.97 Å². The first-order valence-corrected chi connectivity index (χ1v) is 6.92. The standard InChI is InChI=1S/C16H19FN2O4/c1-16(2,17)10-7-14(23-5)13(22-4)6-9(10)12-8-11(15(20)21)18-19(12)3/h6-8H,1-5H3,(H,20,21). The largest absolute Gasteiger partial charge is 0.493 e. The number of aromatic nitrogens is 2. The molecular formula is C16H19FN2O4. The number of benzene rings is 1. The maximum atomic E-state index is 14.7. The molecule has 0 aliphatic heterocycles. The van der Waals surface area contributed by atoms with E-state index in [0.29, 0.717) is 28.3 Å². The van der Waals surface area contributed by atoms with Gasteiger partial charge in [0.2, 0.25) is 0 Å². The minimum absolute atomic E-state index is 0.111. The Balaban J connectivity index is 2.76. The Hall–Kier alpha value is -2.57. The van der Waals surface area contributed by atoms with Crippen LogP contribution < -0.4 is 9.47 Å². The van der Waals surface area contributed by atoms with Crippen LogP contribution in [0.1, 0.15) is 29.9 Å². The van der Waals surface area contributed by atoms with Crippen LogP contribution in [-0.2, 0) is 12.7 Å². The molecule has 0 unspecified atom stereocenters. The van der Waals surface area contributed by atoms with E-state index in [-0.39, 0.29) is 5.69 Å². The summed E-state index contributed by atoms with van der Waals surface area (Å²) in [5, 5.41) is 13.0. The molecule has 7 heteroatoms. The molecule has 124 valence electrons. The number of carbonyl (C=O) groups is 1. The van der Waals surface area contributed by atoms with E-state index in [0.717, 1.165) is 0 Å². The van der Waals surface area contributed by atoms with Gasteiger partial charge in [0.25, 0.3) is 0 Å². The van der Waals surface area contributed by atoms with Crippen LogP contribution in [0.5, 0.6) is 11.5 Å². The zero-order valence-electron chi connectivity index (χ0n) is 13.7. The van der Waals surface area contributed by atoms with E-state index in [2.05, 4.69) is 5.10 Å². The number of aryl methyl sites for hydroxylation is 1. The molecule has 0 fully saturated rings. The van der Waals surface area contributed by atoms with Crippen molar-refractivity contribution >= 4 is 5.97 Å². The second kappa shape index (κ2) is 5.91. The molecule has 0 radical (unpaired) electrons. The summed E-state index contributed by atoms with van der Waals surface area (Å²) < 4.78 is 26.6. The highest BCUT2D eigenvalue weighted by Crippen LogP contribution is 2.41. The number of alkyl halides is 1. The Bertz CT molecular complexity index is 747. The van der Waals surface area contributed by atoms with Crippen molar-refractivity contribution in [2.45, 2.75) is 19.5 Å². The molecule has 0 bridgehead atoms. The highest BCUT2D eigenvalue weighted by Gasteiger charge is 2.27. The molecule has 0 atom stereocenters. The summed E-state index contributed by atoms with van der Waals surface area (Å²) in [6, 6.07) is 4.58. The molecule has 0 saturated carbocycles. The third kappa shape index (κ3) is 3.13. The predicted octanol–water partition coefficient (Wildman–Crippen LogP) is 3.01. The molecule has 0 aliphatic carbocycles. The van der Waals surface area contributed by atoms with Crippen LogP contribution in [0.4, 0.5) is 4.39 Å². The van der Waals surface area contributed by atoms with Crippen molar-refractivity contribution in [2.24, 2.45) is 7.05 Å². The SMILES string of the molecule is COc1cc(-c2cc(C(=O)O)nn2C)c(C(C)(C)F)cc1OC. The Labute approximate surface area is 133 Å². The van der Waals surface area contributed by atoms with Gasteiger partial charge in [0.15, 0.2) is 17.2 Å². The van der Waals surface area contributed by atoms with E-state index in [1.54, 1.807) is 19.2 Å². The lowest BCUT2D eigenvalue weighted by Crippen LogP contribution is -2.12. The molecule has 0 aliphatic rings. The van der Waals surface area contributed by atoms with Crippen LogP contribution >= 0.6 is 0 Å². The van der Waals surface area contributed by atoms with Crippen molar-refractivity contribution in [3.63, 3.8) is 0 Å². The number of hydrogen-bond acceptors (Lipinski definition) is 4. The van der Waals surface area contributed by atoms with E-state index in [9.17, 15) is 9.18 Å². The maximum Gasteiger partial charge on any atom is 0.356 e. The summed E-state index contributed by atoms with van der Waals surface area (Å²) in [4.78, 5) is 11.1. The molecule has 0 saturated heterocycles. The lowest BCUT2D eigenvalue weighted by Gasteiger charge is -2.21. The molecule has 23 heavy (non-hydrogen) atoms. The van der Waals surface area contributed by atoms with Gasteiger partial charge in [-0.2, -0.15) is 5.10 Å². The number of methoxy groups -OCH3 is 2. The number of carboxylic acids is 1. The van der Waals surface area contributed by atoms with Crippen LogP contribution in [0.3, 0.4) is 0 Å². The fraction of sp³-hybridized carbons (Fsp3) is 0.375. The molecule has 1 aromatic carbocycles. The van der Waals surface area contributed by atoms with Crippen LogP contribution in [0.25, 0.3) is 11.3 Å². The van der Waals surface area contributed by atoms with Crippen molar-refractivity contribution in [1.29, 1.82) is 0 Å². The Morgan fingerprint density at radius 3 is 2.22 bits per heavy atom. The maximum absolute atomic E-state index is 14.7. The van der Waals surface area contributed by atoms with E-state index in [4.69, 9.17) is 14.6 Å². The van der Waals surface area contributed by atoms with Gasteiger partial charge in [-0.05, 0) is 32.0 Å². The minimum Gasteiger partial charge on any atom is -0.493 e. The second-order valence-corrected chi connectivity index (χ2v) is 5.57. The Morgan fingerprint density at radius 2 is 1.78 bits per heavy atom. The van der Waals surface area contributed by atoms with Gasteiger partial charge in [-0.25, -0.2) is 9.18 Å². The molecule has 1 aromatic heterocycles. The summed E-state index contributed by atoms with van der Waals surface area (Å²) >= 11 is 0. The number of hydrogen-bond donors (Lipinski definition) is 1. The average Bonchev–Trinajstić information content (AvgIpc) is 2.87. The summed E-state index contributed by atoms with van der Waals surface area (Å²) in [6.07, 6.45) is 0. The molecule has 1 N–H and O–H groups in total. The fourth-order valence-corrected chi connectivity index (χ4v) is 2.41. The summed E-state index contributed by atoms with van der Waals surface area (Å²) in [6.45, 7) is 2.85. The zero-order valence-corrected chi connectivity index (χ0v) is 13.7. The molecule has 2 aromatic rings. The first-order valence-electron chi connectivity index (χ1n) is 6.92. The normalized spacial score (nSPS) is 11.4. The second-order valence-electron chi connectivity index (χ2n) is 5.57. The third-order valence-corrected chi connectivity index (χ3v) is 3.54. The van der Waals surface area contributed by atoms with Gasteiger partial charge < -0.3 is 14.6 Å². The van der Waals surface area contributed by atoms with E-state index >= 15 is 0 Å². The number of halogens is 1. The number of rotatable bonds is 5. The van der Waals surface area contributed by atoms with Crippen molar-refractivity contribution in [3.8, 4) is 22.8 Å².